The van der Waals surface area contributed by atoms with Crippen LogP contribution in [0.4, 0.5) is 27.6 Å². The van der Waals surface area contributed by atoms with Gasteiger partial charge in [0.25, 0.3) is 0 Å². The first-order valence-electron chi connectivity index (χ1n) is 5.26. The summed E-state index contributed by atoms with van der Waals surface area (Å²) in [6.45, 7) is 0.929. The average molecular weight is 318 g/mol. The van der Waals surface area contributed by atoms with Gasteiger partial charge in [-0.2, -0.15) is 13.2 Å². The summed E-state index contributed by atoms with van der Waals surface area (Å²) in [4.78, 5) is -1.36. The molecule has 0 aliphatic heterocycles. The molecule has 1 aromatic carbocycles. The molecule has 0 spiro atoms. The molecule has 0 radical (unpaired) electrons. The van der Waals surface area contributed by atoms with Crippen molar-refractivity contribution in [1.82, 2.24) is 4.72 Å². The summed E-state index contributed by atoms with van der Waals surface area (Å²) in [6, 6.07) is -0.450. The molecule has 0 fully saturated rings. The van der Waals surface area contributed by atoms with Crippen LogP contribution in [0.5, 0.6) is 0 Å². The Labute approximate surface area is 111 Å². The number of hydrogen-bond donors (Lipinski definition) is 2. The lowest BCUT2D eigenvalue weighted by molar-refractivity contribution is -0.137. The predicted molar refractivity (Wildman–Crippen MR) is 61.2 cm³/mol. The number of sulfonamides is 1. The molecule has 4 nitrogen and oxygen atoms in total. The smallest absolute Gasteiger partial charge is 0.390 e. The molecule has 1 rings (SSSR count). The van der Waals surface area contributed by atoms with Crippen molar-refractivity contribution in [3.63, 3.8) is 0 Å². The molecule has 0 aromatic heterocycles. The number of nitrogen functional groups attached to an aromatic ring is 1. The van der Waals surface area contributed by atoms with Gasteiger partial charge in [0.1, 0.15) is 11.6 Å². The zero-order valence-electron chi connectivity index (χ0n) is 10.1. The molecule has 0 heterocycles. The molecule has 114 valence electrons. The Hall–Kier alpha value is -1.42. The van der Waals surface area contributed by atoms with Crippen LogP contribution < -0.4 is 10.5 Å². The highest BCUT2D eigenvalue weighted by atomic mass is 32.2. The van der Waals surface area contributed by atoms with Crippen LogP contribution in [0.15, 0.2) is 17.0 Å². The first-order chi connectivity index (χ1) is 8.92. The van der Waals surface area contributed by atoms with Crippen molar-refractivity contribution in [2.75, 3.05) is 5.73 Å². The molecule has 1 aromatic rings. The monoisotopic (exact) mass is 318 g/mol. The van der Waals surface area contributed by atoms with E-state index in [0.717, 1.165) is 6.92 Å². The minimum absolute atomic E-state index is 0.345. The fourth-order valence-corrected chi connectivity index (χ4v) is 2.91. The Balaban J connectivity index is 3.07. The molecule has 0 aliphatic rings. The second-order valence-corrected chi connectivity index (χ2v) is 5.81. The third-order valence-electron chi connectivity index (χ3n) is 2.18. The summed E-state index contributed by atoms with van der Waals surface area (Å²) in [5.41, 5.74) is 4.77. The van der Waals surface area contributed by atoms with Crippen LogP contribution in [0, 0.1) is 11.6 Å². The molecular formula is C10H11F5N2O2S. The first-order valence-corrected chi connectivity index (χ1v) is 6.74. The van der Waals surface area contributed by atoms with E-state index < -0.39 is 45.2 Å². The van der Waals surface area contributed by atoms with Gasteiger partial charge in [-0.05, 0) is 19.1 Å². The molecule has 0 aliphatic carbocycles. The normalized spacial score (nSPS) is 14.3. The van der Waals surface area contributed by atoms with Crippen LogP contribution in [0.3, 0.4) is 0 Å². The molecular weight excluding hydrogens is 307 g/mol. The number of benzene rings is 1. The van der Waals surface area contributed by atoms with E-state index in [2.05, 4.69) is 0 Å². The minimum atomic E-state index is -4.77. The fraction of sp³-hybridized carbons (Fsp3) is 0.400. The Morgan fingerprint density at radius 2 is 1.70 bits per heavy atom. The number of nitrogens with two attached hydrogens (primary N) is 1. The van der Waals surface area contributed by atoms with Crippen LogP contribution in [0.2, 0.25) is 0 Å². The second kappa shape index (κ2) is 5.52. The van der Waals surface area contributed by atoms with Crippen LogP contribution >= 0.6 is 0 Å². The Kier molecular flexibility index (Phi) is 4.59. The van der Waals surface area contributed by atoms with Gasteiger partial charge in [-0.25, -0.2) is 21.9 Å². The van der Waals surface area contributed by atoms with Gasteiger partial charge in [0.2, 0.25) is 10.0 Å². The van der Waals surface area contributed by atoms with Gasteiger partial charge in [-0.3, -0.25) is 0 Å². The van der Waals surface area contributed by atoms with Crippen molar-refractivity contribution in [1.29, 1.82) is 0 Å². The Morgan fingerprint density at radius 1 is 1.25 bits per heavy atom. The van der Waals surface area contributed by atoms with Gasteiger partial charge in [-0.15, -0.1) is 0 Å². The molecule has 0 amide bonds. The summed E-state index contributed by atoms with van der Waals surface area (Å²) < 4.78 is 88.1. The number of halogens is 5. The quantitative estimate of drug-likeness (QED) is 0.660. The van der Waals surface area contributed by atoms with E-state index in [1.807, 2.05) is 0 Å². The van der Waals surface area contributed by atoms with E-state index in [0.29, 0.717) is 12.1 Å². The lowest BCUT2D eigenvalue weighted by Crippen LogP contribution is -2.36. The summed E-state index contributed by atoms with van der Waals surface area (Å²) in [6.07, 6.45) is -6.08. The van der Waals surface area contributed by atoms with Crippen molar-refractivity contribution in [3.8, 4) is 0 Å². The molecule has 0 saturated carbocycles. The predicted octanol–water partition coefficient (Wildman–Crippen LogP) is 2.17. The zero-order valence-corrected chi connectivity index (χ0v) is 10.9. The maximum absolute atomic E-state index is 13.4. The summed E-state index contributed by atoms with van der Waals surface area (Å²) >= 11 is 0. The summed E-state index contributed by atoms with van der Waals surface area (Å²) in [5, 5.41) is 0. The van der Waals surface area contributed by atoms with E-state index in [-0.39, 0.29) is 5.69 Å². The van der Waals surface area contributed by atoms with E-state index >= 15 is 0 Å². The standard InChI is InChI=1S/C10H11F5N2O2S/c1-5(4-10(13,14)15)17-20(18,19)9-7(11)2-6(16)3-8(9)12/h2-3,5,17H,4,16H2,1H3. The molecule has 0 bridgehead atoms. The number of nitrogens with one attached hydrogen (secondary N) is 1. The van der Waals surface area contributed by atoms with Crippen molar-refractivity contribution < 1.29 is 30.4 Å². The SMILES string of the molecule is CC(CC(F)(F)F)NS(=O)(=O)c1c(F)cc(N)cc1F. The van der Waals surface area contributed by atoms with Gasteiger partial charge in [0.15, 0.2) is 4.90 Å². The zero-order chi connectivity index (χ0) is 15.7. The molecule has 0 saturated heterocycles. The maximum Gasteiger partial charge on any atom is 0.390 e. The van der Waals surface area contributed by atoms with Crippen molar-refractivity contribution in [2.45, 2.75) is 30.5 Å². The molecule has 3 N–H and O–H groups in total. The topological polar surface area (TPSA) is 72.2 Å². The van der Waals surface area contributed by atoms with E-state index in [9.17, 15) is 30.4 Å². The third-order valence-corrected chi connectivity index (χ3v) is 3.82. The van der Waals surface area contributed by atoms with Gasteiger partial charge in [0, 0.05) is 11.7 Å². The number of alkyl halides is 3. The van der Waals surface area contributed by atoms with Crippen LogP contribution in [-0.4, -0.2) is 20.6 Å². The van der Waals surface area contributed by atoms with Crippen molar-refractivity contribution in [3.05, 3.63) is 23.8 Å². The second-order valence-electron chi connectivity index (χ2n) is 4.16. The van der Waals surface area contributed by atoms with Crippen LogP contribution in [0.1, 0.15) is 13.3 Å². The van der Waals surface area contributed by atoms with Crippen molar-refractivity contribution in [2.24, 2.45) is 0 Å². The Bertz CT molecular complexity index is 577. The molecule has 1 unspecified atom stereocenters. The highest BCUT2D eigenvalue weighted by molar-refractivity contribution is 7.89. The largest absolute Gasteiger partial charge is 0.399 e. The van der Waals surface area contributed by atoms with Gasteiger partial charge in [-0.1, -0.05) is 0 Å². The minimum Gasteiger partial charge on any atom is -0.399 e. The highest BCUT2D eigenvalue weighted by Crippen LogP contribution is 2.25. The fourth-order valence-electron chi connectivity index (χ4n) is 1.55. The van der Waals surface area contributed by atoms with Crippen LogP contribution in [-0.2, 0) is 10.0 Å². The van der Waals surface area contributed by atoms with E-state index in [1.54, 1.807) is 4.72 Å². The lowest BCUT2D eigenvalue weighted by Gasteiger charge is -2.16. The van der Waals surface area contributed by atoms with Gasteiger partial charge in [0.05, 0.1) is 6.42 Å². The number of anilines is 1. The lowest BCUT2D eigenvalue weighted by atomic mass is 10.2. The first kappa shape index (κ1) is 16.6. The molecule has 10 heteroatoms. The van der Waals surface area contributed by atoms with Crippen molar-refractivity contribution >= 4 is 15.7 Å². The molecule has 1 atom stereocenters. The average Bonchev–Trinajstić information content (AvgIpc) is 2.08. The van der Waals surface area contributed by atoms with Gasteiger partial charge < -0.3 is 5.73 Å². The maximum atomic E-state index is 13.4. The number of rotatable bonds is 4. The van der Waals surface area contributed by atoms with E-state index in [1.165, 1.54) is 0 Å². The molecule has 20 heavy (non-hydrogen) atoms. The van der Waals surface area contributed by atoms with Gasteiger partial charge >= 0.3 is 6.18 Å². The summed E-state index contributed by atoms with van der Waals surface area (Å²) in [7, 11) is -4.77. The Morgan fingerprint density at radius 3 is 2.10 bits per heavy atom. The number of hydrogen-bond acceptors (Lipinski definition) is 3. The van der Waals surface area contributed by atoms with E-state index in [4.69, 9.17) is 5.73 Å². The highest BCUT2D eigenvalue weighted by Gasteiger charge is 2.33. The third kappa shape index (κ3) is 4.30. The van der Waals surface area contributed by atoms with Crippen LogP contribution in [0.25, 0.3) is 0 Å². The summed E-state index contributed by atoms with van der Waals surface area (Å²) in [5.74, 6) is -2.96.